The van der Waals surface area contributed by atoms with Gasteiger partial charge in [0, 0.05) is 16.1 Å². The van der Waals surface area contributed by atoms with Crippen LogP contribution in [0.4, 0.5) is 0 Å². The van der Waals surface area contributed by atoms with Crippen LogP contribution in [-0.4, -0.2) is 23.2 Å². The highest BCUT2D eigenvalue weighted by Crippen LogP contribution is 2.25. The van der Waals surface area contributed by atoms with Gasteiger partial charge in [-0.3, -0.25) is 4.79 Å². The predicted octanol–water partition coefficient (Wildman–Crippen LogP) is 2.91. The van der Waals surface area contributed by atoms with Crippen molar-refractivity contribution < 1.29 is 9.90 Å². The van der Waals surface area contributed by atoms with Crippen molar-refractivity contribution in [3.63, 3.8) is 0 Å². The van der Waals surface area contributed by atoms with E-state index >= 15 is 0 Å². The number of carbonyl (C=O) groups is 1. The van der Waals surface area contributed by atoms with E-state index in [-0.39, 0.29) is 0 Å². The SMILES string of the molecule is CC(N)C(O)C(=O)NC(c1ccc(Cl)cc1)c1ccc(Cl)cc1. The minimum Gasteiger partial charge on any atom is -0.382 e. The molecule has 4 nitrogen and oxygen atoms in total. The van der Waals surface area contributed by atoms with Crippen molar-refractivity contribution in [1.29, 1.82) is 0 Å². The molecule has 2 aromatic rings. The number of rotatable bonds is 5. The van der Waals surface area contributed by atoms with Crippen molar-refractivity contribution >= 4 is 29.1 Å². The number of amides is 1. The first kappa shape index (κ1) is 17.8. The monoisotopic (exact) mass is 352 g/mol. The highest BCUT2D eigenvalue weighted by atomic mass is 35.5. The molecule has 0 saturated heterocycles. The van der Waals surface area contributed by atoms with Gasteiger partial charge in [-0.25, -0.2) is 0 Å². The molecule has 0 fully saturated rings. The summed E-state index contributed by atoms with van der Waals surface area (Å²) < 4.78 is 0. The third kappa shape index (κ3) is 4.69. The molecular weight excluding hydrogens is 335 g/mol. The van der Waals surface area contributed by atoms with Gasteiger partial charge in [-0.2, -0.15) is 0 Å². The van der Waals surface area contributed by atoms with Gasteiger partial charge in [0.15, 0.2) is 0 Å². The van der Waals surface area contributed by atoms with Crippen molar-refractivity contribution in [2.75, 3.05) is 0 Å². The van der Waals surface area contributed by atoms with E-state index in [9.17, 15) is 9.90 Å². The lowest BCUT2D eigenvalue weighted by atomic mass is 9.98. The molecule has 0 bridgehead atoms. The fourth-order valence-electron chi connectivity index (χ4n) is 2.14. The summed E-state index contributed by atoms with van der Waals surface area (Å²) >= 11 is 11.8. The number of halogens is 2. The smallest absolute Gasteiger partial charge is 0.251 e. The van der Waals surface area contributed by atoms with Crippen molar-refractivity contribution in [3.8, 4) is 0 Å². The molecule has 0 heterocycles. The van der Waals surface area contributed by atoms with Gasteiger partial charge >= 0.3 is 0 Å². The summed E-state index contributed by atoms with van der Waals surface area (Å²) in [7, 11) is 0. The second-order valence-corrected chi connectivity index (χ2v) is 6.22. The van der Waals surface area contributed by atoms with Crippen LogP contribution in [0.15, 0.2) is 48.5 Å². The Morgan fingerprint density at radius 1 is 1.00 bits per heavy atom. The molecule has 1 amide bonds. The molecule has 0 spiro atoms. The molecule has 122 valence electrons. The Kier molecular flexibility index (Phi) is 6.02. The van der Waals surface area contributed by atoms with Gasteiger partial charge in [0.2, 0.25) is 0 Å². The van der Waals surface area contributed by atoms with Crippen molar-refractivity contribution in [2.24, 2.45) is 5.73 Å². The summed E-state index contributed by atoms with van der Waals surface area (Å²) in [6, 6.07) is 13.2. The largest absolute Gasteiger partial charge is 0.382 e. The standard InChI is InChI=1S/C17H18Cl2N2O2/c1-10(20)16(22)17(23)21-15(11-2-6-13(18)7-3-11)12-4-8-14(19)9-5-12/h2-10,15-16,22H,20H2,1H3,(H,21,23). The van der Waals surface area contributed by atoms with Crippen LogP contribution in [0.3, 0.4) is 0 Å². The molecule has 0 radical (unpaired) electrons. The molecule has 2 atom stereocenters. The summed E-state index contributed by atoms with van der Waals surface area (Å²) in [5, 5.41) is 13.9. The Morgan fingerprint density at radius 3 is 1.74 bits per heavy atom. The Labute approximate surface area is 145 Å². The van der Waals surface area contributed by atoms with Crippen LogP contribution in [0.2, 0.25) is 10.0 Å². The van der Waals surface area contributed by atoms with Crippen LogP contribution >= 0.6 is 23.2 Å². The first-order valence-electron chi connectivity index (χ1n) is 7.13. The minimum atomic E-state index is -1.28. The highest BCUT2D eigenvalue weighted by molar-refractivity contribution is 6.30. The first-order valence-corrected chi connectivity index (χ1v) is 7.89. The fraction of sp³-hybridized carbons (Fsp3) is 0.235. The Morgan fingerprint density at radius 2 is 1.39 bits per heavy atom. The number of hydrogen-bond acceptors (Lipinski definition) is 3. The Bertz CT molecular complexity index is 612. The Hall–Kier alpha value is -1.59. The molecule has 2 aromatic carbocycles. The van der Waals surface area contributed by atoms with Gasteiger partial charge < -0.3 is 16.2 Å². The van der Waals surface area contributed by atoms with Crippen LogP contribution in [0, 0.1) is 0 Å². The molecule has 0 aliphatic heterocycles. The van der Waals surface area contributed by atoms with E-state index in [4.69, 9.17) is 28.9 Å². The highest BCUT2D eigenvalue weighted by Gasteiger charge is 2.24. The Balaban J connectivity index is 2.33. The van der Waals surface area contributed by atoms with Gasteiger partial charge in [0.1, 0.15) is 6.10 Å². The van der Waals surface area contributed by atoms with E-state index < -0.39 is 24.1 Å². The van der Waals surface area contributed by atoms with Gasteiger partial charge in [-0.1, -0.05) is 47.5 Å². The van der Waals surface area contributed by atoms with Crippen molar-refractivity contribution in [2.45, 2.75) is 25.1 Å². The number of aliphatic hydroxyl groups is 1. The molecule has 4 N–H and O–H groups in total. The average Bonchev–Trinajstić information content (AvgIpc) is 2.53. The lowest BCUT2D eigenvalue weighted by molar-refractivity contribution is -0.130. The quantitative estimate of drug-likeness (QED) is 0.774. The first-order chi connectivity index (χ1) is 10.9. The van der Waals surface area contributed by atoms with Crippen LogP contribution in [0.5, 0.6) is 0 Å². The van der Waals surface area contributed by atoms with E-state index in [2.05, 4.69) is 5.32 Å². The third-order valence-corrected chi connectivity index (χ3v) is 3.96. The van der Waals surface area contributed by atoms with Crippen molar-refractivity contribution in [3.05, 3.63) is 69.7 Å². The predicted molar refractivity (Wildman–Crippen MR) is 92.5 cm³/mol. The molecule has 23 heavy (non-hydrogen) atoms. The summed E-state index contributed by atoms with van der Waals surface area (Å²) in [6.45, 7) is 1.57. The average molecular weight is 353 g/mol. The zero-order valence-electron chi connectivity index (χ0n) is 12.5. The lowest BCUT2D eigenvalue weighted by Crippen LogP contribution is -2.46. The van der Waals surface area contributed by atoms with Gasteiger partial charge in [0.25, 0.3) is 5.91 Å². The minimum absolute atomic E-state index is 0.439. The number of nitrogens with two attached hydrogens (primary N) is 1. The van der Waals surface area contributed by atoms with E-state index in [1.54, 1.807) is 31.2 Å². The topological polar surface area (TPSA) is 75.3 Å². The van der Waals surface area contributed by atoms with E-state index in [0.29, 0.717) is 10.0 Å². The summed E-state index contributed by atoms with van der Waals surface area (Å²) in [4.78, 5) is 12.2. The molecule has 0 saturated carbocycles. The lowest BCUT2D eigenvalue weighted by Gasteiger charge is -2.23. The number of hydrogen-bond donors (Lipinski definition) is 3. The zero-order chi connectivity index (χ0) is 17.0. The molecule has 6 heteroatoms. The van der Waals surface area contributed by atoms with Crippen LogP contribution in [-0.2, 0) is 4.79 Å². The zero-order valence-corrected chi connectivity index (χ0v) is 14.1. The second-order valence-electron chi connectivity index (χ2n) is 5.35. The maximum atomic E-state index is 12.2. The van der Waals surface area contributed by atoms with Crippen LogP contribution < -0.4 is 11.1 Å². The molecule has 0 aliphatic rings. The number of nitrogens with one attached hydrogen (secondary N) is 1. The third-order valence-electron chi connectivity index (χ3n) is 3.46. The molecule has 2 rings (SSSR count). The summed E-state index contributed by atoms with van der Waals surface area (Å²) in [5.74, 6) is -0.532. The number of aliphatic hydroxyl groups excluding tert-OH is 1. The number of benzene rings is 2. The fourth-order valence-corrected chi connectivity index (χ4v) is 2.39. The van der Waals surface area contributed by atoms with E-state index in [0.717, 1.165) is 11.1 Å². The maximum absolute atomic E-state index is 12.2. The molecule has 2 unspecified atom stereocenters. The summed E-state index contributed by atoms with van der Waals surface area (Å²) in [6.07, 6.45) is -1.28. The van der Waals surface area contributed by atoms with E-state index in [1.165, 1.54) is 0 Å². The van der Waals surface area contributed by atoms with E-state index in [1.807, 2.05) is 24.3 Å². The maximum Gasteiger partial charge on any atom is 0.251 e. The van der Waals surface area contributed by atoms with Crippen LogP contribution in [0.1, 0.15) is 24.1 Å². The summed E-state index contributed by atoms with van der Waals surface area (Å²) in [5.41, 5.74) is 7.25. The van der Waals surface area contributed by atoms with Gasteiger partial charge in [-0.05, 0) is 42.3 Å². The van der Waals surface area contributed by atoms with Crippen LogP contribution in [0.25, 0.3) is 0 Å². The van der Waals surface area contributed by atoms with Crippen molar-refractivity contribution in [1.82, 2.24) is 5.32 Å². The number of carbonyl (C=O) groups excluding carboxylic acids is 1. The second kappa shape index (κ2) is 7.79. The molecule has 0 aliphatic carbocycles. The van der Waals surface area contributed by atoms with Gasteiger partial charge in [0.05, 0.1) is 6.04 Å². The molecule has 0 aromatic heterocycles. The normalized spacial score (nSPS) is 13.7. The molecular formula is C17H18Cl2N2O2. The van der Waals surface area contributed by atoms with Gasteiger partial charge in [-0.15, -0.1) is 0 Å².